The molecule has 0 unspecified atom stereocenters. The molecule has 3 aliphatic heterocycles. The van der Waals surface area contributed by atoms with Crippen LogP contribution in [0.3, 0.4) is 0 Å². The molecule has 4 aliphatic rings. The molecule has 1 saturated carbocycles. The molecule has 3 fully saturated rings. The van der Waals surface area contributed by atoms with Gasteiger partial charge in [0.05, 0.1) is 42.0 Å². The van der Waals surface area contributed by atoms with Crippen molar-refractivity contribution in [2.45, 2.75) is 69.5 Å². The van der Waals surface area contributed by atoms with Crippen LogP contribution in [0.15, 0.2) is 30.9 Å². The number of ether oxygens (including phenoxy) is 1. The summed E-state index contributed by atoms with van der Waals surface area (Å²) >= 11 is 0. The van der Waals surface area contributed by atoms with Gasteiger partial charge in [-0.05, 0) is 63.4 Å². The maximum absolute atomic E-state index is 14.8. The van der Waals surface area contributed by atoms with Crippen molar-refractivity contribution in [2.24, 2.45) is 0 Å². The Morgan fingerprint density at radius 3 is 2.63 bits per heavy atom. The molecule has 1 aromatic heterocycles. The Hall–Kier alpha value is -3.78. The van der Waals surface area contributed by atoms with Gasteiger partial charge >= 0.3 is 6.01 Å². The average molecular weight is 592 g/mol. The largest absolute Gasteiger partial charge is 0.461 e. The highest BCUT2D eigenvalue weighted by molar-refractivity contribution is 5.87. The number of halogens is 2. The van der Waals surface area contributed by atoms with Gasteiger partial charge in [-0.2, -0.15) is 15.2 Å². The number of anilines is 2. The first-order valence-corrected chi connectivity index (χ1v) is 15.4. The van der Waals surface area contributed by atoms with Crippen molar-refractivity contribution < 1.29 is 18.3 Å². The van der Waals surface area contributed by atoms with Crippen LogP contribution in [0.4, 0.5) is 20.3 Å². The van der Waals surface area contributed by atoms with Crippen LogP contribution in [0.2, 0.25) is 0 Å². The summed E-state index contributed by atoms with van der Waals surface area (Å²) in [6.07, 6.45) is 8.97. The summed E-state index contributed by atoms with van der Waals surface area (Å²) in [6, 6.07) is 6.42. The first kappa shape index (κ1) is 29.3. The Bertz CT molecular complexity index is 1400. The standard InChI is InChI=1S/C32H39F2N7O2/c1-2-28(42)41-19-18-39(20-23(41)10-14-35)30-24-11-17-38(27-9-7-8-25(33)29(27)34)21-26(24)36-31(37-30)43-22-32(12-3-4-13-32)40-15-5-6-16-40/h2,7-9,23H,1,3-6,10-13,15-22H2/t23-/m0/s1. The second-order valence-electron chi connectivity index (χ2n) is 12.1. The van der Waals surface area contributed by atoms with Crippen LogP contribution in [0, 0.1) is 23.0 Å². The maximum Gasteiger partial charge on any atom is 0.318 e. The molecule has 1 aliphatic carbocycles. The molecule has 2 aromatic rings. The minimum Gasteiger partial charge on any atom is -0.461 e. The molecule has 228 valence electrons. The van der Waals surface area contributed by atoms with Crippen LogP contribution in [-0.2, 0) is 17.8 Å². The Balaban J connectivity index is 1.32. The highest BCUT2D eigenvalue weighted by Gasteiger charge is 2.42. The van der Waals surface area contributed by atoms with Crippen molar-refractivity contribution in [3.05, 3.63) is 53.7 Å². The molecule has 0 spiro atoms. The molecule has 11 heteroatoms. The van der Waals surface area contributed by atoms with Crippen molar-refractivity contribution in [1.82, 2.24) is 19.8 Å². The van der Waals surface area contributed by atoms with E-state index in [9.17, 15) is 18.8 Å². The Labute approximate surface area is 251 Å². The molecule has 1 atom stereocenters. The molecule has 43 heavy (non-hydrogen) atoms. The number of benzene rings is 1. The zero-order valence-electron chi connectivity index (χ0n) is 24.6. The Morgan fingerprint density at radius 2 is 1.88 bits per heavy atom. The number of likely N-dealkylation sites (tertiary alicyclic amines) is 1. The minimum atomic E-state index is -0.880. The van der Waals surface area contributed by atoms with Gasteiger partial charge in [-0.1, -0.05) is 25.5 Å². The van der Waals surface area contributed by atoms with E-state index < -0.39 is 11.6 Å². The van der Waals surface area contributed by atoms with Crippen molar-refractivity contribution in [3.63, 3.8) is 0 Å². The molecule has 6 rings (SSSR count). The summed E-state index contributed by atoms with van der Waals surface area (Å²) in [4.78, 5) is 30.5. The first-order chi connectivity index (χ1) is 20.9. The summed E-state index contributed by atoms with van der Waals surface area (Å²) in [5.74, 6) is -1.21. The third-order valence-corrected chi connectivity index (χ3v) is 9.64. The van der Waals surface area contributed by atoms with E-state index >= 15 is 0 Å². The predicted octanol–water partition coefficient (Wildman–Crippen LogP) is 4.22. The lowest BCUT2D eigenvalue weighted by Crippen LogP contribution is -2.55. The topological polar surface area (TPSA) is 88.8 Å². The van der Waals surface area contributed by atoms with Gasteiger partial charge in [0.25, 0.3) is 0 Å². The summed E-state index contributed by atoms with van der Waals surface area (Å²) in [7, 11) is 0. The highest BCUT2D eigenvalue weighted by Crippen LogP contribution is 2.39. The van der Waals surface area contributed by atoms with Crippen molar-refractivity contribution in [3.8, 4) is 12.1 Å². The fourth-order valence-electron chi connectivity index (χ4n) is 7.37. The Morgan fingerprint density at radius 1 is 1.09 bits per heavy atom. The summed E-state index contributed by atoms with van der Waals surface area (Å²) in [6.45, 7) is 8.47. The lowest BCUT2D eigenvalue weighted by molar-refractivity contribution is -0.128. The molecule has 0 bridgehead atoms. The van der Waals surface area contributed by atoms with E-state index in [-0.39, 0.29) is 42.2 Å². The number of amides is 1. The third-order valence-electron chi connectivity index (χ3n) is 9.64. The number of hydrogen-bond acceptors (Lipinski definition) is 8. The SMILES string of the molecule is C=CC(=O)N1CCN(c2nc(OCC3(N4CCCC4)CCCC3)nc3c2CCN(c2cccc(F)c2F)C3)C[C@@H]1CC#N. The zero-order valence-corrected chi connectivity index (χ0v) is 24.6. The van der Waals surface area contributed by atoms with Gasteiger partial charge in [-0.25, -0.2) is 8.78 Å². The lowest BCUT2D eigenvalue weighted by atomic mass is 9.96. The van der Waals surface area contributed by atoms with Crippen LogP contribution >= 0.6 is 0 Å². The van der Waals surface area contributed by atoms with E-state index in [0.717, 1.165) is 49.1 Å². The molecule has 1 aromatic carbocycles. The maximum atomic E-state index is 14.8. The van der Waals surface area contributed by atoms with E-state index in [2.05, 4.69) is 22.4 Å². The number of aromatic nitrogens is 2. The quantitative estimate of drug-likeness (QED) is 0.422. The number of piperazine rings is 1. The van der Waals surface area contributed by atoms with Gasteiger partial charge in [-0.3, -0.25) is 9.69 Å². The van der Waals surface area contributed by atoms with Crippen molar-refractivity contribution >= 4 is 17.4 Å². The van der Waals surface area contributed by atoms with Gasteiger partial charge in [-0.15, -0.1) is 0 Å². The van der Waals surface area contributed by atoms with E-state index in [1.54, 1.807) is 11.0 Å². The second-order valence-corrected chi connectivity index (χ2v) is 12.1. The van der Waals surface area contributed by atoms with Crippen molar-refractivity contribution in [1.29, 1.82) is 5.26 Å². The molecule has 0 N–H and O–H groups in total. The fraction of sp³-hybridized carbons (Fsp3) is 0.562. The highest BCUT2D eigenvalue weighted by atomic mass is 19.2. The average Bonchev–Trinajstić information content (AvgIpc) is 3.74. The number of hydrogen-bond donors (Lipinski definition) is 0. The molecule has 2 saturated heterocycles. The molecular weight excluding hydrogens is 552 g/mol. The van der Waals surface area contributed by atoms with Crippen LogP contribution in [0.5, 0.6) is 6.01 Å². The molecule has 1 amide bonds. The van der Waals surface area contributed by atoms with Gasteiger partial charge in [0.15, 0.2) is 11.6 Å². The monoisotopic (exact) mass is 591 g/mol. The second kappa shape index (κ2) is 12.4. The normalized spacial score (nSPS) is 21.9. The van der Waals surface area contributed by atoms with Crippen LogP contribution in [0.1, 0.15) is 56.2 Å². The number of fused-ring (bicyclic) bond motifs is 1. The zero-order chi connectivity index (χ0) is 30.0. The van der Waals surface area contributed by atoms with Gasteiger partial charge in [0.2, 0.25) is 5.91 Å². The first-order valence-electron chi connectivity index (χ1n) is 15.4. The number of nitriles is 1. The lowest BCUT2D eigenvalue weighted by Gasteiger charge is -2.42. The molecule has 9 nitrogen and oxygen atoms in total. The number of carbonyl (C=O) groups excluding carboxylic acids is 1. The molecular formula is C32H39F2N7O2. The van der Waals surface area contributed by atoms with E-state index in [4.69, 9.17) is 14.7 Å². The summed E-state index contributed by atoms with van der Waals surface area (Å²) in [5.41, 5.74) is 1.85. The third kappa shape index (κ3) is 5.77. The van der Waals surface area contributed by atoms with E-state index in [1.807, 2.05) is 4.90 Å². The number of nitrogens with zero attached hydrogens (tertiary/aromatic N) is 7. The Kier molecular flexibility index (Phi) is 8.48. The van der Waals surface area contributed by atoms with Gasteiger partial charge < -0.3 is 19.4 Å². The van der Waals surface area contributed by atoms with Gasteiger partial charge in [0.1, 0.15) is 12.4 Å². The van der Waals surface area contributed by atoms with E-state index in [0.29, 0.717) is 39.2 Å². The van der Waals surface area contributed by atoms with E-state index in [1.165, 1.54) is 37.8 Å². The minimum absolute atomic E-state index is 0.0127. The molecule has 4 heterocycles. The van der Waals surface area contributed by atoms with Gasteiger partial charge in [0, 0.05) is 31.7 Å². The fourth-order valence-corrected chi connectivity index (χ4v) is 7.37. The van der Waals surface area contributed by atoms with Crippen LogP contribution in [-0.4, -0.2) is 83.1 Å². The summed E-state index contributed by atoms with van der Waals surface area (Å²) < 4.78 is 35.4. The number of rotatable bonds is 8. The predicted molar refractivity (Wildman–Crippen MR) is 159 cm³/mol. The smallest absolute Gasteiger partial charge is 0.318 e. The van der Waals surface area contributed by atoms with Crippen LogP contribution in [0.25, 0.3) is 0 Å². The molecule has 0 radical (unpaired) electrons. The van der Waals surface area contributed by atoms with Crippen LogP contribution < -0.4 is 14.5 Å². The number of carbonyl (C=O) groups is 1. The van der Waals surface area contributed by atoms with Crippen molar-refractivity contribution in [2.75, 3.05) is 55.7 Å². The summed E-state index contributed by atoms with van der Waals surface area (Å²) in [5, 5.41) is 9.51.